The topological polar surface area (TPSA) is 49.2 Å². The lowest BCUT2D eigenvalue weighted by molar-refractivity contribution is -0.0968. The van der Waals surface area contributed by atoms with Crippen LogP contribution in [-0.4, -0.2) is 44.4 Å². The average molecular weight is 321 g/mol. The molecular formula is C17H27N3OS. The molecule has 4 nitrogen and oxygen atoms in total. The second-order valence-corrected chi connectivity index (χ2v) is 7.82. The molecule has 0 bridgehead atoms. The van der Waals surface area contributed by atoms with Gasteiger partial charge >= 0.3 is 0 Å². The predicted molar refractivity (Wildman–Crippen MR) is 89.8 cm³/mol. The lowest BCUT2D eigenvalue weighted by atomic mass is 9.71. The Bertz CT molecular complexity index is 481. The van der Waals surface area contributed by atoms with E-state index in [0.717, 1.165) is 49.8 Å². The van der Waals surface area contributed by atoms with Gasteiger partial charge in [0.1, 0.15) is 0 Å². The molecule has 2 atom stereocenters. The molecule has 1 aliphatic heterocycles. The molecule has 1 aromatic rings. The van der Waals surface area contributed by atoms with Crippen molar-refractivity contribution in [2.45, 2.75) is 62.8 Å². The van der Waals surface area contributed by atoms with E-state index in [2.05, 4.69) is 21.8 Å². The fourth-order valence-corrected chi connectivity index (χ4v) is 4.38. The molecule has 2 aliphatic rings. The van der Waals surface area contributed by atoms with E-state index in [0.29, 0.717) is 5.92 Å². The smallest absolute Gasteiger partial charge is 0.187 e. The van der Waals surface area contributed by atoms with E-state index >= 15 is 0 Å². The normalized spacial score (nSPS) is 29.3. The predicted octanol–water partition coefficient (Wildman–Crippen LogP) is 3.11. The van der Waals surface area contributed by atoms with Crippen molar-refractivity contribution >= 4 is 11.8 Å². The molecule has 3 rings (SSSR count). The number of fused-ring (bicyclic) bond motifs is 1. The van der Waals surface area contributed by atoms with Crippen LogP contribution in [0, 0.1) is 5.92 Å². The lowest BCUT2D eigenvalue weighted by Crippen LogP contribution is -2.52. The monoisotopic (exact) mass is 321 g/mol. The summed E-state index contributed by atoms with van der Waals surface area (Å²) < 4.78 is 0. The highest BCUT2D eigenvalue weighted by atomic mass is 32.2. The quantitative estimate of drug-likeness (QED) is 0.667. The van der Waals surface area contributed by atoms with Gasteiger partial charge in [0.15, 0.2) is 5.16 Å². The van der Waals surface area contributed by atoms with Crippen molar-refractivity contribution in [2.75, 3.05) is 18.8 Å². The number of hydrogen-bond acceptors (Lipinski definition) is 5. The zero-order valence-electron chi connectivity index (χ0n) is 13.5. The van der Waals surface area contributed by atoms with Gasteiger partial charge in [0, 0.05) is 49.3 Å². The highest BCUT2D eigenvalue weighted by molar-refractivity contribution is 7.99. The van der Waals surface area contributed by atoms with Gasteiger partial charge in [-0.25, -0.2) is 9.97 Å². The Kier molecular flexibility index (Phi) is 5.37. The summed E-state index contributed by atoms with van der Waals surface area (Å²) in [6, 6.07) is 0. The number of hydrogen-bond donors (Lipinski definition) is 1. The van der Waals surface area contributed by atoms with E-state index < -0.39 is 0 Å². The number of aliphatic hydroxyl groups is 1. The van der Waals surface area contributed by atoms with Crippen molar-refractivity contribution < 1.29 is 5.11 Å². The van der Waals surface area contributed by atoms with Crippen LogP contribution in [0.25, 0.3) is 0 Å². The molecule has 2 heterocycles. The van der Waals surface area contributed by atoms with Crippen molar-refractivity contribution in [3.63, 3.8) is 0 Å². The summed E-state index contributed by atoms with van der Waals surface area (Å²) in [5, 5.41) is 11.6. The van der Waals surface area contributed by atoms with E-state index in [-0.39, 0.29) is 5.60 Å². The molecule has 2 fully saturated rings. The van der Waals surface area contributed by atoms with Crippen LogP contribution in [0.5, 0.6) is 0 Å². The molecule has 1 saturated heterocycles. The van der Waals surface area contributed by atoms with Gasteiger partial charge in [-0.2, -0.15) is 0 Å². The molecule has 1 aliphatic carbocycles. The first kappa shape index (κ1) is 16.2. The van der Waals surface area contributed by atoms with E-state index in [1.165, 1.54) is 24.8 Å². The lowest BCUT2D eigenvalue weighted by Gasteiger charge is -2.47. The third-order valence-electron chi connectivity index (χ3n) is 5.03. The van der Waals surface area contributed by atoms with Crippen LogP contribution in [0.3, 0.4) is 0 Å². The number of rotatable bonds is 5. The fraction of sp³-hybridized carbons (Fsp3) is 0.765. The first-order valence-electron chi connectivity index (χ1n) is 8.58. The van der Waals surface area contributed by atoms with Crippen molar-refractivity contribution in [3.8, 4) is 0 Å². The summed E-state index contributed by atoms with van der Waals surface area (Å²) in [4.78, 5) is 11.4. The zero-order chi connectivity index (χ0) is 15.4. The van der Waals surface area contributed by atoms with Gasteiger partial charge in [-0.1, -0.05) is 31.5 Å². The largest absolute Gasteiger partial charge is 0.390 e. The highest BCUT2D eigenvalue weighted by Gasteiger charge is 2.42. The minimum atomic E-state index is -0.383. The van der Waals surface area contributed by atoms with Crippen LogP contribution < -0.4 is 0 Å². The Morgan fingerprint density at radius 1 is 1.32 bits per heavy atom. The van der Waals surface area contributed by atoms with Gasteiger partial charge in [0.2, 0.25) is 0 Å². The van der Waals surface area contributed by atoms with Crippen LogP contribution in [0.2, 0.25) is 0 Å². The van der Waals surface area contributed by atoms with Gasteiger partial charge in [-0.05, 0) is 25.7 Å². The van der Waals surface area contributed by atoms with E-state index in [1.54, 1.807) is 11.8 Å². The molecule has 0 aromatic carbocycles. The maximum Gasteiger partial charge on any atom is 0.187 e. The van der Waals surface area contributed by atoms with Crippen molar-refractivity contribution in [1.82, 2.24) is 14.9 Å². The SMILES string of the molecule is CCCSc1ncc(CN2CC[C@@]3(O)CCCC[C@H]3C2)cn1. The van der Waals surface area contributed by atoms with Gasteiger partial charge in [0.25, 0.3) is 0 Å². The van der Waals surface area contributed by atoms with Crippen LogP contribution >= 0.6 is 11.8 Å². The maximum absolute atomic E-state index is 10.7. The summed E-state index contributed by atoms with van der Waals surface area (Å²) in [5.41, 5.74) is 0.799. The number of nitrogens with zero attached hydrogens (tertiary/aromatic N) is 3. The summed E-state index contributed by atoms with van der Waals surface area (Å²) in [7, 11) is 0. The number of aromatic nitrogens is 2. The molecule has 1 aromatic heterocycles. The van der Waals surface area contributed by atoms with Gasteiger partial charge in [-0.15, -0.1) is 0 Å². The van der Waals surface area contributed by atoms with Crippen LogP contribution in [0.4, 0.5) is 0 Å². The zero-order valence-corrected chi connectivity index (χ0v) is 14.3. The van der Waals surface area contributed by atoms with Gasteiger partial charge in [0.05, 0.1) is 5.60 Å². The summed E-state index contributed by atoms with van der Waals surface area (Å²) in [5.74, 6) is 1.53. The molecule has 22 heavy (non-hydrogen) atoms. The van der Waals surface area contributed by atoms with Crippen molar-refractivity contribution in [3.05, 3.63) is 18.0 Å². The van der Waals surface area contributed by atoms with Crippen LogP contribution in [0.1, 0.15) is 51.0 Å². The molecule has 122 valence electrons. The molecule has 5 heteroatoms. The van der Waals surface area contributed by atoms with E-state index in [9.17, 15) is 5.11 Å². The highest BCUT2D eigenvalue weighted by Crippen LogP contribution is 2.39. The van der Waals surface area contributed by atoms with E-state index in [4.69, 9.17) is 0 Å². The minimum absolute atomic E-state index is 0.383. The third-order valence-corrected chi connectivity index (χ3v) is 6.12. The summed E-state index contributed by atoms with van der Waals surface area (Å²) in [6.45, 7) is 5.08. The molecule has 1 N–H and O–H groups in total. The van der Waals surface area contributed by atoms with Crippen LogP contribution in [0.15, 0.2) is 17.6 Å². The summed E-state index contributed by atoms with van der Waals surface area (Å²) >= 11 is 1.72. The first-order valence-corrected chi connectivity index (χ1v) is 9.56. The average Bonchev–Trinajstić information content (AvgIpc) is 2.54. The van der Waals surface area contributed by atoms with Crippen molar-refractivity contribution in [2.24, 2.45) is 5.92 Å². The van der Waals surface area contributed by atoms with Crippen molar-refractivity contribution in [1.29, 1.82) is 0 Å². The molecule has 0 amide bonds. The summed E-state index contributed by atoms with van der Waals surface area (Å²) in [6.07, 6.45) is 10.6. The fourth-order valence-electron chi connectivity index (χ4n) is 3.73. The molecular weight excluding hydrogens is 294 g/mol. The molecule has 0 spiro atoms. The van der Waals surface area contributed by atoms with E-state index in [1.807, 2.05) is 12.4 Å². The third kappa shape index (κ3) is 3.81. The van der Waals surface area contributed by atoms with Crippen LogP contribution in [-0.2, 0) is 6.54 Å². The molecule has 0 unspecified atom stereocenters. The second-order valence-electron chi connectivity index (χ2n) is 6.75. The Morgan fingerprint density at radius 2 is 2.14 bits per heavy atom. The second kappa shape index (κ2) is 7.28. The first-order chi connectivity index (χ1) is 10.7. The number of piperidine rings is 1. The number of likely N-dealkylation sites (tertiary alicyclic amines) is 1. The molecule has 0 radical (unpaired) electrons. The Morgan fingerprint density at radius 3 is 2.91 bits per heavy atom. The number of thioether (sulfide) groups is 1. The Balaban J connectivity index is 1.55. The maximum atomic E-state index is 10.7. The molecule has 1 saturated carbocycles. The van der Waals surface area contributed by atoms with Gasteiger partial charge in [-0.3, -0.25) is 4.90 Å². The Hall–Kier alpha value is -0.650. The standard InChI is InChI=1S/C17H27N3OS/c1-2-9-22-16-18-10-14(11-19-16)12-20-8-7-17(21)6-4-3-5-15(17)13-20/h10-11,15,21H,2-9,12-13H2,1H3/t15-,17-/m0/s1. The van der Waals surface area contributed by atoms with Gasteiger partial charge < -0.3 is 5.11 Å². The Labute approximate surface area is 137 Å². The minimum Gasteiger partial charge on any atom is -0.390 e.